The number of anilines is 1. The summed E-state index contributed by atoms with van der Waals surface area (Å²) >= 11 is 12.1. The summed E-state index contributed by atoms with van der Waals surface area (Å²) in [4.78, 5) is 27.0. The second-order valence-corrected chi connectivity index (χ2v) is 8.05. The highest BCUT2D eigenvalue weighted by atomic mass is 35.5. The van der Waals surface area contributed by atoms with E-state index in [4.69, 9.17) is 23.2 Å². The standard InChI is InChI=1S/C17H20Cl2N2O2/c1-16(11-17(16,18)19)15(23)20-13-8-4-3-7-12(13)14(22)21-9-5-2-6-10-21/h3-4,7-8H,2,5-6,9-11H2,1H3,(H,20,23)/t16-/m0/s1. The van der Waals surface area contributed by atoms with Crippen molar-refractivity contribution < 1.29 is 9.59 Å². The molecule has 124 valence electrons. The van der Waals surface area contributed by atoms with E-state index in [-0.39, 0.29) is 11.8 Å². The van der Waals surface area contributed by atoms with Gasteiger partial charge in [-0.25, -0.2) is 0 Å². The summed E-state index contributed by atoms with van der Waals surface area (Å²) in [6, 6.07) is 7.09. The summed E-state index contributed by atoms with van der Waals surface area (Å²) in [6.07, 6.45) is 3.63. The molecular weight excluding hydrogens is 335 g/mol. The molecule has 2 amide bonds. The van der Waals surface area contributed by atoms with Gasteiger partial charge in [0.05, 0.1) is 16.7 Å². The average Bonchev–Trinajstić information content (AvgIpc) is 3.08. The third-order valence-electron chi connectivity index (χ3n) is 4.81. The van der Waals surface area contributed by atoms with E-state index in [0.29, 0.717) is 17.7 Å². The summed E-state index contributed by atoms with van der Waals surface area (Å²) < 4.78 is -1.02. The molecule has 1 atom stereocenters. The molecule has 0 unspecified atom stereocenters. The number of likely N-dealkylation sites (tertiary alicyclic amines) is 1. The van der Waals surface area contributed by atoms with Gasteiger partial charge in [-0.15, -0.1) is 23.2 Å². The van der Waals surface area contributed by atoms with Crippen molar-refractivity contribution in [2.75, 3.05) is 18.4 Å². The Hall–Kier alpha value is -1.26. The van der Waals surface area contributed by atoms with Gasteiger partial charge in [0.25, 0.3) is 5.91 Å². The van der Waals surface area contributed by atoms with E-state index in [1.54, 1.807) is 31.2 Å². The minimum absolute atomic E-state index is 0.0374. The molecular formula is C17H20Cl2N2O2. The molecule has 0 spiro atoms. The Morgan fingerprint density at radius 2 is 1.74 bits per heavy atom. The lowest BCUT2D eigenvalue weighted by Crippen LogP contribution is -2.36. The SMILES string of the molecule is C[C@@]1(C(=O)Nc2ccccc2C(=O)N2CCCCC2)CC1(Cl)Cl. The maximum Gasteiger partial charge on any atom is 0.255 e. The Morgan fingerprint density at radius 3 is 2.35 bits per heavy atom. The van der Waals surface area contributed by atoms with E-state index >= 15 is 0 Å². The number of hydrogen-bond acceptors (Lipinski definition) is 2. The fourth-order valence-electron chi connectivity index (χ4n) is 2.95. The number of rotatable bonds is 3. The van der Waals surface area contributed by atoms with Crippen LogP contribution in [0.1, 0.15) is 43.0 Å². The second-order valence-electron chi connectivity index (χ2n) is 6.57. The third-order valence-corrected chi connectivity index (χ3v) is 5.91. The number of nitrogens with one attached hydrogen (secondary N) is 1. The number of benzene rings is 1. The average molecular weight is 355 g/mol. The molecule has 1 aliphatic carbocycles. The van der Waals surface area contributed by atoms with Crippen molar-refractivity contribution in [2.24, 2.45) is 5.41 Å². The molecule has 0 radical (unpaired) electrons. The van der Waals surface area contributed by atoms with Crippen LogP contribution in [0.25, 0.3) is 0 Å². The summed E-state index contributed by atoms with van der Waals surface area (Å²) in [5.74, 6) is -0.286. The second kappa shape index (κ2) is 5.99. The van der Waals surface area contributed by atoms with Gasteiger partial charge in [-0.3, -0.25) is 9.59 Å². The highest BCUT2D eigenvalue weighted by Gasteiger charge is 2.67. The zero-order valence-electron chi connectivity index (χ0n) is 13.1. The predicted octanol–water partition coefficient (Wildman–Crippen LogP) is 3.84. The van der Waals surface area contributed by atoms with Gasteiger partial charge >= 0.3 is 0 Å². The highest BCUT2D eigenvalue weighted by Crippen LogP contribution is 2.64. The maximum absolute atomic E-state index is 12.7. The van der Waals surface area contributed by atoms with E-state index in [1.165, 1.54) is 0 Å². The molecule has 2 fully saturated rings. The van der Waals surface area contributed by atoms with Crippen LogP contribution in [0.3, 0.4) is 0 Å². The summed E-state index contributed by atoms with van der Waals surface area (Å²) in [6.45, 7) is 3.27. The Labute approximate surface area is 146 Å². The van der Waals surface area contributed by atoms with Crippen molar-refractivity contribution in [1.82, 2.24) is 4.90 Å². The first-order chi connectivity index (χ1) is 10.8. The normalized spacial score (nSPS) is 25.8. The van der Waals surface area contributed by atoms with Crippen molar-refractivity contribution in [1.29, 1.82) is 0 Å². The molecule has 6 heteroatoms. The van der Waals surface area contributed by atoms with Crippen molar-refractivity contribution in [2.45, 2.75) is 36.9 Å². The number of halogens is 2. The molecule has 1 saturated heterocycles. The maximum atomic E-state index is 12.7. The lowest BCUT2D eigenvalue weighted by atomic mass is 10.1. The van der Waals surface area contributed by atoms with Crippen LogP contribution in [-0.2, 0) is 4.79 Å². The number of carbonyl (C=O) groups is 2. The largest absolute Gasteiger partial charge is 0.339 e. The van der Waals surface area contributed by atoms with E-state index in [2.05, 4.69) is 5.32 Å². The van der Waals surface area contributed by atoms with Gasteiger partial charge in [0.1, 0.15) is 4.33 Å². The van der Waals surface area contributed by atoms with Gasteiger partial charge < -0.3 is 10.2 Å². The van der Waals surface area contributed by atoms with Gasteiger partial charge in [-0.05, 0) is 44.7 Å². The molecule has 2 aliphatic rings. The molecule has 1 saturated carbocycles. The summed E-state index contributed by atoms with van der Waals surface area (Å²) in [5.41, 5.74) is 0.226. The van der Waals surface area contributed by atoms with Crippen LogP contribution in [0.5, 0.6) is 0 Å². The van der Waals surface area contributed by atoms with Crippen LogP contribution < -0.4 is 5.32 Å². The van der Waals surface area contributed by atoms with E-state index in [9.17, 15) is 9.59 Å². The Bertz CT molecular complexity index is 641. The fraction of sp³-hybridized carbons (Fsp3) is 0.529. The molecule has 3 rings (SSSR count). The molecule has 1 N–H and O–H groups in total. The van der Waals surface area contributed by atoms with E-state index in [0.717, 1.165) is 32.4 Å². The van der Waals surface area contributed by atoms with Crippen molar-refractivity contribution in [3.05, 3.63) is 29.8 Å². The van der Waals surface area contributed by atoms with Gasteiger partial charge in [0, 0.05) is 13.1 Å². The first-order valence-corrected chi connectivity index (χ1v) is 8.68. The Kier molecular flexibility index (Phi) is 4.32. The zero-order chi connectivity index (χ0) is 16.7. The minimum Gasteiger partial charge on any atom is -0.339 e. The number of piperidine rings is 1. The molecule has 1 aliphatic heterocycles. The lowest BCUT2D eigenvalue weighted by Gasteiger charge is -2.27. The first-order valence-electron chi connectivity index (χ1n) is 7.93. The van der Waals surface area contributed by atoms with Crippen LogP contribution >= 0.6 is 23.2 Å². The number of amides is 2. The van der Waals surface area contributed by atoms with Gasteiger partial charge in [-0.1, -0.05) is 12.1 Å². The van der Waals surface area contributed by atoms with E-state index in [1.807, 2.05) is 4.90 Å². The smallest absolute Gasteiger partial charge is 0.255 e. The number of carbonyl (C=O) groups excluding carboxylic acids is 2. The number of hydrogen-bond donors (Lipinski definition) is 1. The molecule has 0 bridgehead atoms. The third kappa shape index (κ3) is 3.07. The summed E-state index contributed by atoms with van der Waals surface area (Å²) in [7, 11) is 0. The molecule has 1 heterocycles. The Balaban J connectivity index is 1.78. The predicted molar refractivity (Wildman–Crippen MR) is 92.0 cm³/mol. The van der Waals surface area contributed by atoms with Crippen LogP contribution in [0.15, 0.2) is 24.3 Å². The number of para-hydroxylation sites is 1. The van der Waals surface area contributed by atoms with Gasteiger partial charge in [-0.2, -0.15) is 0 Å². The Morgan fingerprint density at radius 1 is 1.13 bits per heavy atom. The topological polar surface area (TPSA) is 49.4 Å². The monoisotopic (exact) mass is 354 g/mol. The van der Waals surface area contributed by atoms with Crippen LogP contribution in [-0.4, -0.2) is 34.1 Å². The van der Waals surface area contributed by atoms with Crippen LogP contribution in [0, 0.1) is 5.41 Å². The van der Waals surface area contributed by atoms with Crippen molar-refractivity contribution in [3.63, 3.8) is 0 Å². The fourth-order valence-corrected chi connectivity index (χ4v) is 3.66. The molecule has 1 aromatic carbocycles. The van der Waals surface area contributed by atoms with Crippen molar-refractivity contribution >= 4 is 40.7 Å². The molecule has 0 aromatic heterocycles. The summed E-state index contributed by atoms with van der Waals surface area (Å²) in [5, 5.41) is 2.83. The van der Waals surface area contributed by atoms with Crippen LogP contribution in [0.2, 0.25) is 0 Å². The quantitative estimate of drug-likeness (QED) is 0.838. The zero-order valence-corrected chi connectivity index (χ0v) is 14.6. The number of alkyl halides is 2. The van der Waals surface area contributed by atoms with Gasteiger partial charge in [0.15, 0.2) is 0 Å². The van der Waals surface area contributed by atoms with Crippen molar-refractivity contribution in [3.8, 4) is 0 Å². The highest BCUT2D eigenvalue weighted by molar-refractivity contribution is 6.53. The minimum atomic E-state index is -1.02. The molecule has 1 aromatic rings. The molecule has 23 heavy (non-hydrogen) atoms. The molecule has 4 nitrogen and oxygen atoms in total. The number of nitrogens with zero attached hydrogens (tertiary/aromatic N) is 1. The lowest BCUT2D eigenvalue weighted by molar-refractivity contribution is -0.120. The van der Waals surface area contributed by atoms with E-state index < -0.39 is 9.75 Å². The van der Waals surface area contributed by atoms with Crippen LogP contribution in [0.4, 0.5) is 5.69 Å². The van der Waals surface area contributed by atoms with Gasteiger partial charge in [0.2, 0.25) is 5.91 Å². The first kappa shape index (κ1) is 16.6.